The van der Waals surface area contributed by atoms with E-state index in [4.69, 9.17) is 9.15 Å². The molecule has 1 aromatic heterocycles. The fourth-order valence-corrected chi connectivity index (χ4v) is 2.70. The Kier molecular flexibility index (Phi) is 9.02. The largest absolute Gasteiger partial charge is 0.494 e. The van der Waals surface area contributed by atoms with Crippen molar-refractivity contribution in [3.8, 4) is 5.75 Å². The van der Waals surface area contributed by atoms with Gasteiger partial charge in [-0.15, -0.1) is 0 Å². The molecular weight excluding hydrogens is 368 g/mol. The van der Waals surface area contributed by atoms with Crippen LogP contribution in [0.5, 0.6) is 5.75 Å². The van der Waals surface area contributed by atoms with Crippen molar-refractivity contribution in [3.05, 3.63) is 54.0 Å². The monoisotopic (exact) mass is 402 g/mol. The minimum atomic E-state index is -1.12. The van der Waals surface area contributed by atoms with Gasteiger partial charge in [0.15, 0.2) is 5.96 Å². The van der Waals surface area contributed by atoms with Crippen LogP contribution in [0.4, 0.5) is 0 Å². The molecule has 7 nitrogen and oxygen atoms in total. The molecule has 0 radical (unpaired) electrons. The lowest BCUT2D eigenvalue weighted by molar-refractivity contribution is 0.0386. The van der Waals surface area contributed by atoms with Gasteiger partial charge in [-0.05, 0) is 64.2 Å². The second kappa shape index (κ2) is 11.5. The lowest BCUT2D eigenvalue weighted by Crippen LogP contribution is -2.44. The SMILES string of the molecule is CCNC(=NCc1ccc(OCCCN(C)C)cc1)NCC(C)(O)c1ccco1. The molecular formula is C22H34N4O3. The van der Waals surface area contributed by atoms with Crippen LogP contribution >= 0.6 is 0 Å². The number of ether oxygens (including phenoxy) is 1. The first-order valence-electron chi connectivity index (χ1n) is 10.1. The number of hydrogen-bond donors (Lipinski definition) is 3. The molecule has 0 amide bonds. The quantitative estimate of drug-likeness (QED) is 0.304. The zero-order chi connectivity index (χ0) is 21.1. The van der Waals surface area contributed by atoms with Crippen LogP contribution < -0.4 is 15.4 Å². The molecule has 160 valence electrons. The van der Waals surface area contributed by atoms with Crippen LogP contribution in [0.25, 0.3) is 0 Å². The molecule has 0 aliphatic carbocycles. The molecule has 0 spiro atoms. The Labute approximate surface area is 173 Å². The van der Waals surface area contributed by atoms with E-state index in [0.717, 1.165) is 30.8 Å². The highest BCUT2D eigenvalue weighted by molar-refractivity contribution is 5.79. The number of nitrogens with zero attached hydrogens (tertiary/aromatic N) is 2. The molecule has 3 N–H and O–H groups in total. The Bertz CT molecular complexity index is 725. The summed E-state index contributed by atoms with van der Waals surface area (Å²) in [4.78, 5) is 6.75. The van der Waals surface area contributed by atoms with Gasteiger partial charge < -0.3 is 29.8 Å². The normalized spacial score (nSPS) is 13.9. The number of guanidine groups is 1. The van der Waals surface area contributed by atoms with Crippen LogP contribution in [0.1, 0.15) is 31.6 Å². The zero-order valence-corrected chi connectivity index (χ0v) is 17.9. The highest BCUT2D eigenvalue weighted by Crippen LogP contribution is 2.19. The van der Waals surface area contributed by atoms with Crippen molar-refractivity contribution in [2.45, 2.75) is 32.4 Å². The Morgan fingerprint density at radius 3 is 2.59 bits per heavy atom. The van der Waals surface area contributed by atoms with Gasteiger partial charge in [-0.2, -0.15) is 0 Å². The van der Waals surface area contributed by atoms with Crippen LogP contribution in [0.15, 0.2) is 52.1 Å². The topological polar surface area (TPSA) is 82.3 Å². The Hall–Kier alpha value is -2.51. The van der Waals surface area contributed by atoms with E-state index in [9.17, 15) is 5.11 Å². The Morgan fingerprint density at radius 1 is 1.21 bits per heavy atom. The van der Waals surface area contributed by atoms with Gasteiger partial charge in [0.2, 0.25) is 0 Å². The molecule has 1 aromatic carbocycles. The fraction of sp³-hybridized carbons (Fsp3) is 0.500. The van der Waals surface area contributed by atoms with Crippen molar-refractivity contribution >= 4 is 5.96 Å². The zero-order valence-electron chi connectivity index (χ0n) is 17.9. The van der Waals surface area contributed by atoms with Crippen molar-refractivity contribution in [2.24, 2.45) is 4.99 Å². The van der Waals surface area contributed by atoms with Gasteiger partial charge in [-0.3, -0.25) is 0 Å². The summed E-state index contributed by atoms with van der Waals surface area (Å²) in [5, 5.41) is 16.9. The summed E-state index contributed by atoms with van der Waals surface area (Å²) >= 11 is 0. The van der Waals surface area contributed by atoms with E-state index >= 15 is 0 Å². The molecule has 0 aliphatic heterocycles. The highest BCUT2D eigenvalue weighted by atomic mass is 16.5. The van der Waals surface area contributed by atoms with Crippen LogP contribution in [-0.2, 0) is 12.1 Å². The molecule has 2 rings (SSSR count). The average Bonchev–Trinajstić information content (AvgIpc) is 3.24. The fourth-order valence-electron chi connectivity index (χ4n) is 2.70. The number of hydrogen-bond acceptors (Lipinski definition) is 5. The van der Waals surface area contributed by atoms with Crippen LogP contribution in [0.2, 0.25) is 0 Å². The summed E-state index contributed by atoms with van der Waals surface area (Å²) in [5.41, 5.74) is -0.0359. The third-order valence-electron chi connectivity index (χ3n) is 4.36. The van der Waals surface area contributed by atoms with E-state index in [1.54, 1.807) is 25.3 Å². The van der Waals surface area contributed by atoms with Gasteiger partial charge in [-0.1, -0.05) is 12.1 Å². The van der Waals surface area contributed by atoms with Gasteiger partial charge in [0, 0.05) is 13.1 Å². The summed E-state index contributed by atoms with van der Waals surface area (Å²) in [6.45, 7) is 6.98. The minimum absolute atomic E-state index is 0.284. The van der Waals surface area contributed by atoms with Crippen molar-refractivity contribution in [1.29, 1.82) is 0 Å². The molecule has 0 saturated heterocycles. The second-order valence-corrected chi connectivity index (χ2v) is 7.45. The summed E-state index contributed by atoms with van der Waals surface area (Å²) in [7, 11) is 4.12. The number of furan rings is 1. The smallest absolute Gasteiger partial charge is 0.191 e. The van der Waals surface area contributed by atoms with Crippen LogP contribution in [0.3, 0.4) is 0 Å². The minimum Gasteiger partial charge on any atom is -0.494 e. The Morgan fingerprint density at radius 2 is 1.97 bits per heavy atom. The first kappa shape index (κ1) is 22.8. The summed E-state index contributed by atoms with van der Waals surface area (Å²) in [6, 6.07) is 11.5. The summed E-state index contributed by atoms with van der Waals surface area (Å²) in [6.07, 6.45) is 2.55. The maximum atomic E-state index is 10.6. The van der Waals surface area contributed by atoms with E-state index in [-0.39, 0.29) is 6.54 Å². The first-order chi connectivity index (χ1) is 13.9. The molecule has 1 heterocycles. The second-order valence-electron chi connectivity index (χ2n) is 7.45. The molecule has 0 fully saturated rings. The average molecular weight is 403 g/mol. The van der Waals surface area contributed by atoms with Crippen molar-refractivity contribution in [2.75, 3.05) is 40.3 Å². The van der Waals surface area contributed by atoms with Crippen molar-refractivity contribution in [1.82, 2.24) is 15.5 Å². The molecule has 0 aliphatic rings. The third kappa shape index (κ3) is 8.17. The van der Waals surface area contributed by atoms with Crippen LogP contribution in [0, 0.1) is 0 Å². The van der Waals surface area contributed by atoms with E-state index in [2.05, 4.69) is 34.6 Å². The first-order valence-corrected chi connectivity index (χ1v) is 10.1. The molecule has 29 heavy (non-hydrogen) atoms. The predicted molar refractivity (Wildman–Crippen MR) is 116 cm³/mol. The summed E-state index contributed by atoms with van der Waals surface area (Å²) in [5.74, 6) is 2.03. The van der Waals surface area contributed by atoms with Gasteiger partial charge >= 0.3 is 0 Å². The van der Waals surface area contributed by atoms with E-state index < -0.39 is 5.60 Å². The van der Waals surface area contributed by atoms with Crippen LogP contribution in [-0.4, -0.2) is 56.3 Å². The number of nitrogens with one attached hydrogen (secondary N) is 2. The molecule has 1 unspecified atom stereocenters. The van der Waals surface area contributed by atoms with Crippen molar-refractivity contribution in [3.63, 3.8) is 0 Å². The molecule has 7 heteroatoms. The van der Waals surface area contributed by atoms with Gasteiger partial charge in [-0.25, -0.2) is 4.99 Å². The van der Waals surface area contributed by atoms with Gasteiger partial charge in [0.05, 0.1) is 26.0 Å². The molecule has 2 aromatic rings. The van der Waals surface area contributed by atoms with E-state index in [0.29, 0.717) is 24.9 Å². The Balaban J connectivity index is 1.85. The highest BCUT2D eigenvalue weighted by Gasteiger charge is 2.26. The summed E-state index contributed by atoms with van der Waals surface area (Å²) < 4.78 is 11.1. The number of rotatable bonds is 11. The maximum Gasteiger partial charge on any atom is 0.191 e. The van der Waals surface area contributed by atoms with Gasteiger partial charge in [0.25, 0.3) is 0 Å². The lowest BCUT2D eigenvalue weighted by atomic mass is 10.0. The number of benzene rings is 1. The van der Waals surface area contributed by atoms with E-state index in [1.165, 1.54) is 0 Å². The van der Waals surface area contributed by atoms with Crippen molar-refractivity contribution < 1.29 is 14.3 Å². The third-order valence-corrected chi connectivity index (χ3v) is 4.36. The number of aliphatic hydroxyl groups is 1. The predicted octanol–water partition coefficient (Wildman–Crippen LogP) is 2.57. The molecule has 0 bridgehead atoms. The molecule has 0 saturated carbocycles. The standard InChI is InChI=1S/C22H34N4O3/c1-5-23-21(25-17-22(2,27)20-8-6-14-29-20)24-16-18-9-11-19(12-10-18)28-15-7-13-26(3)4/h6,8-12,14,27H,5,7,13,15-17H2,1-4H3,(H2,23,24,25). The lowest BCUT2D eigenvalue weighted by Gasteiger charge is -2.22. The maximum absolute atomic E-state index is 10.6. The number of aliphatic imine (C=N–C) groups is 1. The van der Waals surface area contributed by atoms with Gasteiger partial charge in [0.1, 0.15) is 17.1 Å². The molecule has 1 atom stereocenters. The van der Waals surface area contributed by atoms with E-state index in [1.807, 2.05) is 31.2 Å².